The minimum Gasteiger partial charge on any atom is -0.497 e. The van der Waals surface area contributed by atoms with Gasteiger partial charge in [0, 0.05) is 21.2 Å². The summed E-state index contributed by atoms with van der Waals surface area (Å²) in [6.45, 7) is 4.39. The van der Waals surface area contributed by atoms with Crippen molar-refractivity contribution in [3.8, 4) is 5.75 Å². The van der Waals surface area contributed by atoms with Crippen LogP contribution in [0.1, 0.15) is 18.2 Å². The number of thioether (sulfide) groups is 1. The highest BCUT2D eigenvalue weighted by atomic mass is 32.2. The maximum Gasteiger partial charge on any atom is 0.119 e. The van der Waals surface area contributed by atoms with Crippen molar-refractivity contribution >= 4 is 22.7 Å². The number of rotatable bonds is 1. The van der Waals surface area contributed by atoms with Crippen LogP contribution in [-0.4, -0.2) is 17.3 Å². The number of aryl methyl sites for hydroxylation is 1. The van der Waals surface area contributed by atoms with E-state index in [1.165, 1.54) is 21.5 Å². The lowest BCUT2D eigenvalue weighted by atomic mass is 10.1. The van der Waals surface area contributed by atoms with E-state index in [1.807, 2.05) is 23.9 Å². The summed E-state index contributed by atoms with van der Waals surface area (Å²) in [5.41, 5.74) is 3.67. The molecule has 0 unspecified atom stereocenters. The molecule has 1 aromatic carbocycles. The maximum atomic E-state index is 5.30. The Hall–Kier alpha value is -1.22. The number of nitrogens with zero attached hydrogens (tertiary/aromatic N) is 1. The third kappa shape index (κ3) is 1.69. The normalized spacial score (nSPS) is 18.4. The SMILES string of the molecule is COc1ccc2nc(C)c3c(c2c1)S[C@@H](C)C3. The van der Waals surface area contributed by atoms with E-state index >= 15 is 0 Å². The second-order valence-electron chi connectivity index (χ2n) is 4.52. The monoisotopic (exact) mass is 245 g/mol. The number of aromatic nitrogens is 1. The predicted octanol–water partition coefficient (Wildman–Crippen LogP) is 3.59. The molecule has 0 saturated carbocycles. The average Bonchev–Trinajstić information content (AvgIpc) is 2.72. The van der Waals surface area contributed by atoms with Crippen molar-refractivity contribution in [1.82, 2.24) is 4.98 Å². The molecule has 0 spiro atoms. The number of fused-ring (bicyclic) bond motifs is 3. The van der Waals surface area contributed by atoms with Crippen LogP contribution in [0.25, 0.3) is 10.9 Å². The van der Waals surface area contributed by atoms with Crippen LogP contribution < -0.4 is 4.74 Å². The zero-order valence-electron chi connectivity index (χ0n) is 10.3. The zero-order chi connectivity index (χ0) is 12.0. The van der Waals surface area contributed by atoms with Crippen molar-refractivity contribution in [2.75, 3.05) is 7.11 Å². The van der Waals surface area contributed by atoms with Gasteiger partial charge in [0.2, 0.25) is 0 Å². The Bertz CT molecular complexity index is 594. The van der Waals surface area contributed by atoms with Gasteiger partial charge in [0.05, 0.1) is 12.6 Å². The molecule has 88 valence electrons. The molecular formula is C14H15NOS. The van der Waals surface area contributed by atoms with Crippen molar-refractivity contribution in [3.63, 3.8) is 0 Å². The van der Waals surface area contributed by atoms with Crippen LogP contribution in [0.5, 0.6) is 5.75 Å². The van der Waals surface area contributed by atoms with Gasteiger partial charge in [-0.3, -0.25) is 4.98 Å². The van der Waals surface area contributed by atoms with E-state index in [1.54, 1.807) is 7.11 Å². The molecule has 2 heterocycles. The molecule has 0 fully saturated rings. The zero-order valence-corrected chi connectivity index (χ0v) is 11.1. The first-order chi connectivity index (χ1) is 8.19. The minimum atomic E-state index is 0.655. The van der Waals surface area contributed by atoms with E-state index < -0.39 is 0 Å². The molecule has 0 N–H and O–H groups in total. The van der Waals surface area contributed by atoms with E-state index in [9.17, 15) is 0 Å². The lowest BCUT2D eigenvalue weighted by Crippen LogP contribution is -1.96. The Morgan fingerprint density at radius 1 is 1.41 bits per heavy atom. The molecule has 0 amide bonds. The fourth-order valence-corrected chi connectivity index (χ4v) is 3.72. The van der Waals surface area contributed by atoms with E-state index in [-0.39, 0.29) is 0 Å². The Kier molecular flexibility index (Phi) is 2.51. The molecule has 1 aliphatic rings. The molecule has 0 radical (unpaired) electrons. The van der Waals surface area contributed by atoms with E-state index in [0.717, 1.165) is 17.7 Å². The van der Waals surface area contributed by atoms with Crippen molar-refractivity contribution in [2.24, 2.45) is 0 Å². The molecule has 1 atom stereocenters. The van der Waals surface area contributed by atoms with Gasteiger partial charge < -0.3 is 4.74 Å². The first-order valence-electron chi connectivity index (χ1n) is 5.83. The maximum absolute atomic E-state index is 5.30. The molecular weight excluding hydrogens is 230 g/mol. The van der Waals surface area contributed by atoms with E-state index in [0.29, 0.717) is 5.25 Å². The molecule has 2 aromatic rings. The fourth-order valence-electron chi connectivity index (χ4n) is 2.40. The quantitative estimate of drug-likeness (QED) is 0.766. The molecule has 3 rings (SSSR count). The van der Waals surface area contributed by atoms with Gasteiger partial charge in [0.1, 0.15) is 5.75 Å². The van der Waals surface area contributed by atoms with Gasteiger partial charge in [-0.1, -0.05) is 6.92 Å². The topological polar surface area (TPSA) is 22.1 Å². The van der Waals surface area contributed by atoms with Gasteiger partial charge in [-0.2, -0.15) is 0 Å². The molecule has 3 heteroatoms. The Labute approximate surface area is 105 Å². The van der Waals surface area contributed by atoms with Gasteiger partial charge in [0.25, 0.3) is 0 Å². The summed E-state index contributed by atoms with van der Waals surface area (Å²) in [5, 5.41) is 1.89. The largest absolute Gasteiger partial charge is 0.497 e. The summed E-state index contributed by atoms with van der Waals surface area (Å²) in [7, 11) is 1.71. The Balaban J connectivity index is 2.31. The highest BCUT2D eigenvalue weighted by molar-refractivity contribution is 8.00. The predicted molar refractivity (Wildman–Crippen MR) is 72.1 cm³/mol. The van der Waals surface area contributed by atoms with Crippen molar-refractivity contribution in [1.29, 1.82) is 0 Å². The summed E-state index contributed by atoms with van der Waals surface area (Å²) in [5.74, 6) is 0.908. The summed E-state index contributed by atoms with van der Waals surface area (Å²) in [6, 6.07) is 6.13. The fraction of sp³-hybridized carbons (Fsp3) is 0.357. The molecule has 0 aliphatic carbocycles. The van der Waals surface area contributed by atoms with Gasteiger partial charge in [-0.25, -0.2) is 0 Å². The van der Waals surface area contributed by atoms with E-state index in [2.05, 4.69) is 24.9 Å². The lowest BCUT2D eigenvalue weighted by molar-refractivity contribution is 0.415. The molecule has 0 bridgehead atoms. The van der Waals surface area contributed by atoms with Crippen molar-refractivity contribution in [2.45, 2.75) is 30.4 Å². The highest BCUT2D eigenvalue weighted by Gasteiger charge is 2.23. The standard InChI is InChI=1S/C14H15NOS/c1-8-6-11-9(2)15-13-5-4-10(16-3)7-12(13)14(11)17-8/h4-5,7-8H,6H2,1-3H3/t8-/m0/s1. The third-order valence-electron chi connectivity index (χ3n) is 3.26. The van der Waals surface area contributed by atoms with Gasteiger partial charge >= 0.3 is 0 Å². The van der Waals surface area contributed by atoms with Crippen LogP contribution in [0.3, 0.4) is 0 Å². The van der Waals surface area contributed by atoms with Gasteiger partial charge in [-0.05, 0) is 37.1 Å². The summed E-state index contributed by atoms with van der Waals surface area (Å²) in [6.07, 6.45) is 1.13. The number of pyridine rings is 1. The Morgan fingerprint density at radius 3 is 3.00 bits per heavy atom. The van der Waals surface area contributed by atoms with Crippen LogP contribution in [0.2, 0.25) is 0 Å². The summed E-state index contributed by atoms with van der Waals surface area (Å²) in [4.78, 5) is 6.09. The van der Waals surface area contributed by atoms with Crippen molar-refractivity contribution in [3.05, 3.63) is 29.5 Å². The number of hydrogen-bond donors (Lipinski definition) is 0. The molecule has 17 heavy (non-hydrogen) atoms. The van der Waals surface area contributed by atoms with Crippen LogP contribution in [0.15, 0.2) is 23.1 Å². The van der Waals surface area contributed by atoms with Crippen LogP contribution in [0, 0.1) is 6.92 Å². The summed E-state index contributed by atoms with van der Waals surface area (Å²) < 4.78 is 5.30. The highest BCUT2D eigenvalue weighted by Crippen LogP contribution is 2.42. The first-order valence-corrected chi connectivity index (χ1v) is 6.71. The molecule has 1 aromatic heterocycles. The number of ether oxygens (including phenoxy) is 1. The second-order valence-corrected chi connectivity index (χ2v) is 5.97. The second kappa shape index (κ2) is 3.91. The lowest BCUT2D eigenvalue weighted by Gasteiger charge is -2.08. The van der Waals surface area contributed by atoms with Crippen LogP contribution in [0.4, 0.5) is 0 Å². The Morgan fingerprint density at radius 2 is 2.24 bits per heavy atom. The average molecular weight is 245 g/mol. The smallest absolute Gasteiger partial charge is 0.119 e. The van der Waals surface area contributed by atoms with Gasteiger partial charge in [0.15, 0.2) is 0 Å². The third-order valence-corrected chi connectivity index (χ3v) is 4.53. The van der Waals surface area contributed by atoms with Crippen molar-refractivity contribution < 1.29 is 4.74 Å². The molecule has 1 aliphatic heterocycles. The number of benzene rings is 1. The molecule has 0 saturated heterocycles. The number of hydrogen-bond acceptors (Lipinski definition) is 3. The van der Waals surface area contributed by atoms with Crippen LogP contribution >= 0.6 is 11.8 Å². The van der Waals surface area contributed by atoms with E-state index in [4.69, 9.17) is 4.74 Å². The van der Waals surface area contributed by atoms with Crippen LogP contribution in [-0.2, 0) is 6.42 Å². The molecule has 2 nitrogen and oxygen atoms in total. The first kappa shape index (κ1) is 10.9. The summed E-state index contributed by atoms with van der Waals surface area (Å²) >= 11 is 1.96. The number of methoxy groups -OCH3 is 1. The van der Waals surface area contributed by atoms with Gasteiger partial charge in [-0.15, -0.1) is 11.8 Å². The minimum absolute atomic E-state index is 0.655.